The van der Waals surface area contributed by atoms with Crippen molar-refractivity contribution >= 4 is 35.3 Å². The van der Waals surface area contributed by atoms with Gasteiger partial charge in [0.2, 0.25) is 0 Å². The number of allylic oxidation sites excluding steroid dienone is 2. The standard InChI is InChI=1S/C52H40N4O3/c1-52(2)50(49(33-55)51(59-52)43(31-53)32-54)28-25-42-30-47(39-20-14-37(34-57)15-21-39)41(29-48(42)40-22-16-38(35-58)17-23-40)24-13-36-18-26-46(27-19-36)56(44-9-5-3-6-10-44)45-11-7-4-8-12-45/h3-30,57-58H,34-35H2,1-2H3/b24-13+,28-25+. The van der Waals surface area contributed by atoms with Crippen LogP contribution in [0.5, 0.6) is 0 Å². The normalized spacial score (nSPS) is 13.2. The van der Waals surface area contributed by atoms with Gasteiger partial charge in [-0.2, -0.15) is 15.8 Å². The minimum Gasteiger partial charge on any atom is -0.480 e. The van der Waals surface area contributed by atoms with Gasteiger partial charge in [-0.25, -0.2) is 0 Å². The highest BCUT2D eigenvalue weighted by atomic mass is 16.5. The molecule has 7 nitrogen and oxygen atoms in total. The van der Waals surface area contributed by atoms with Gasteiger partial charge >= 0.3 is 0 Å². The van der Waals surface area contributed by atoms with Crippen LogP contribution < -0.4 is 4.90 Å². The van der Waals surface area contributed by atoms with Crippen LogP contribution >= 0.6 is 0 Å². The Morgan fingerprint density at radius 3 is 1.49 bits per heavy atom. The van der Waals surface area contributed by atoms with Crippen LogP contribution in [0.4, 0.5) is 17.1 Å². The number of hydrogen-bond acceptors (Lipinski definition) is 7. The van der Waals surface area contributed by atoms with E-state index in [9.17, 15) is 26.0 Å². The minimum atomic E-state index is -0.987. The van der Waals surface area contributed by atoms with Crippen molar-refractivity contribution in [2.75, 3.05) is 4.90 Å². The molecule has 286 valence electrons. The molecule has 0 saturated carbocycles. The number of ether oxygens (including phenoxy) is 1. The molecule has 0 aromatic heterocycles. The van der Waals surface area contributed by atoms with Gasteiger partial charge in [0.25, 0.3) is 0 Å². The van der Waals surface area contributed by atoms with E-state index in [0.717, 1.165) is 67.1 Å². The summed E-state index contributed by atoms with van der Waals surface area (Å²) >= 11 is 0. The third-order valence-electron chi connectivity index (χ3n) is 10.2. The maximum atomic E-state index is 10.2. The molecule has 2 N–H and O–H groups in total. The molecule has 7 rings (SSSR count). The monoisotopic (exact) mass is 768 g/mol. The molecule has 0 saturated heterocycles. The van der Waals surface area contributed by atoms with E-state index in [1.807, 2.05) is 109 Å². The van der Waals surface area contributed by atoms with E-state index in [4.69, 9.17) is 4.74 Å². The molecule has 0 atom stereocenters. The van der Waals surface area contributed by atoms with Crippen molar-refractivity contribution < 1.29 is 14.9 Å². The Morgan fingerprint density at radius 2 is 1.05 bits per heavy atom. The van der Waals surface area contributed by atoms with E-state index < -0.39 is 5.60 Å². The highest BCUT2D eigenvalue weighted by molar-refractivity contribution is 5.89. The van der Waals surface area contributed by atoms with E-state index in [0.29, 0.717) is 5.57 Å². The molecule has 0 radical (unpaired) electrons. The van der Waals surface area contributed by atoms with Crippen LogP contribution in [0, 0.1) is 34.0 Å². The molecule has 6 aromatic rings. The molecule has 1 aliphatic heterocycles. The smallest absolute Gasteiger partial charge is 0.172 e. The number of nitrogens with zero attached hydrogens (tertiary/aromatic N) is 4. The quantitative estimate of drug-likeness (QED) is 0.0993. The van der Waals surface area contributed by atoms with Gasteiger partial charge in [0.05, 0.1) is 13.2 Å². The van der Waals surface area contributed by atoms with Crippen molar-refractivity contribution in [2.24, 2.45) is 0 Å². The van der Waals surface area contributed by atoms with E-state index in [2.05, 4.69) is 83.8 Å². The maximum Gasteiger partial charge on any atom is 0.172 e. The molecule has 0 bridgehead atoms. The van der Waals surface area contributed by atoms with Gasteiger partial charge in [-0.15, -0.1) is 0 Å². The molecule has 59 heavy (non-hydrogen) atoms. The SMILES string of the molecule is CC1(C)OC(=C(C#N)C#N)C(C#N)=C1/C=C/c1cc(-c2ccc(CO)cc2)c(/C=C/c2ccc(N(c3ccccc3)c3ccccc3)cc2)cc1-c1ccc(CO)cc1. The van der Waals surface area contributed by atoms with Crippen LogP contribution in [0.1, 0.15) is 41.7 Å². The maximum absolute atomic E-state index is 10.2. The number of hydrogen-bond donors (Lipinski definition) is 2. The molecule has 0 unspecified atom stereocenters. The van der Waals surface area contributed by atoms with Crippen LogP contribution in [0.15, 0.2) is 174 Å². The Morgan fingerprint density at radius 1 is 0.593 bits per heavy atom. The van der Waals surface area contributed by atoms with Crippen molar-refractivity contribution in [3.63, 3.8) is 0 Å². The fraction of sp³-hybridized carbons (Fsp3) is 0.0962. The van der Waals surface area contributed by atoms with Crippen molar-refractivity contribution in [1.82, 2.24) is 0 Å². The van der Waals surface area contributed by atoms with Gasteiger partial charge in [0.15, 0.2) is 11.3 Å². The van der Waals surface area contributed by atoms with Crippen LogP contribution in [0.2, 0.25) is 0 Å². The molecule has 0 fully saturated rings. The molecule has 0 spiro atoms. The lowest BCUT2D eigenvalue weighted by atomic mass is 9.88. The first-order valence-corrected chi connectivity index (χ1v) is 19.1. The summed E-state index contributed by atoms with van der Waals surface area (Å²) in [5.41, 5.74) is 10.6. The molecular weight excluding hydrogens is 729 g/mol. The van der Waals surface area contributed by atoms with Gasteiger partial charge in [-0.3, -0.25) is 0 Å². The highest BCUT2D eigenvalue weighted by Gasteiger charge is 2.38. The molecule has 1 aliphatic rings. The summed E-state index contributed by atoms with van der Waals surface area (Å²) in [6, 6.07) is 54.6. The second-order valence-electron chi connectivity index (χ2n) is 14.4. The molecular formula is C52H40N4O3. The Bertz CT molecular complexity index is 2670. The molecule has 1 heterocycles. The number of rotatable bonds is 11. The average molecular weight is 769 g/mol. The first-order chi connectivity index (χ1) is 28.8. The van der Waals surface area contributed by atoms with Crippen LogP contribution in [0.3, 0.4) is 0 Å². The van der Waals surface area contributed by atoms with Gasteiger partial charge in [-0.1, -0.05) is 121 Å². The predicted molar refractivity (Wildman–Crippen MR) is 234 cm³/mol. The minimum absolute atomic E-state index is 0.0204. The highest BCUT2D eigenvalue weighted by Crippen LogP contribution is 2.42. The number of para-hydroxylation sites is 2. The topological polar surface area (TPSA) is 124 Å². The summed E-state index contributed by atoms with van der Waals surface area (Å²) in [6.07, 6.45) is 7.94. The van der Waals surface area contributed by atoms with Crippen molar-refractivity contribution in [3.05, 3.63) is 202 Å². The number of nitriles is 3. The molecule has 0 aliphatic carbocycles. The van der Waals surface area contributed by atoms with E-state index >= 15 is 0 Å². The summed E-state index contributed by atoms with van der Waals surface area (Å²) in [5, 5.41) is 49.0. The van der Waals surface area contributed by atoms with Crippen molar-refractivity contribution in [1.29, 1.82) is 15.8 Å². The van der Waals surface area contributed by atoms with Crippen molar-refractivity contribution in [2.45, 2.75) is 32.7 Å². The Balaban J connectivity index is 1.36. The first-order valence-electron chi connectivity index (χ1n) is 19.1. The fourth-order valence-corrected chi connectivity index (χ4v) is 7.17. The molecule has 7 heteroatoms. The van der Waals surface area contributed by atoms with Crippen LogP contribution in [0.25, 0.3) is 40.5 Å². The zero-order valence-corrected chi connectivity index (χ0v) is 32.7. The average Bonchev–Trinajstić information content (AvgIpc) is 3.54. The number of anilines is 3. The Kier molecular flexibility index (Phi) is 11.8. The third kappa shape index (κ3) is 8.52. The second kappa shape index (κ2) is 17.6. The molecule has 6 aromatic carbocycles. The van der Waals surface area contributed by atoms with Gasteiger partial charge in [0, 0.05) is 22.6 Å². The lowest BCUT2D eigenvalue weighted by molar-refractivity contribution is 0.0954. The van der Waals surface area contributed by atoms with Crippen molar-refractivity contribution in [3.8, 4) is 40.5 Å². The summed E-state index contributed by atoms with van der Waals surface area (Å²) in [6.45, 7) is 3.44. The van der Waals surface area contributed by atoms with E-state index in [1.165, 1.54) is 0 Å². The molecule has 0 amide bonds. The third-order valence-corrected chi connectivity index (χ3v) is 10.2. The van der Waals surface area contributed by atoms with E-state index in [1.54, 1.807) is 13.8 Å². The summed E-state index contributed by atoms with van der Waals surface area (Å²) in [7, 11) is 0. The summed E-state index contributed by atoms with van der Waals surface area (Å²) < 4.78 is 6.04. The Labute approximate surface area is 344 Å². The lowest BCUT2D eigenvalue weighted by Gasteiger charge is -2.25. The lowest BCUT2D eigenvalue weighted by Crippen LogP contribution is -2.20. The van der Waals surface area contributed by atoms with Crippen LogP contribution in [-0.2, 0) is 18.0 Å². The number of benzene rings is 6. The fourth-order valence-electron chi connectivity index (χ4n) is 7.17. The summed E-state index contributed by atoms with van der Waals surface area (Å²) in [5.74, 6) is -0.0204. The Hall–Kier alpha value is -7.73. The summed E-state index contributed by atoms with van der Waals surface area (Å²) in [4.78, 5) is 2.22. The van der Waals surface area contributed by atoms with Gasteiger partial charge < -0.3 is 19.8 Å². The number of aliphatic hydroxyl groups excluding tert-OH is 2. The second-order valence-corrected chi connectivity index (χ2v) is 14.4. The number of aliphatic hydroxyl groups is 2. The van der Waals surface area contributed by atoms with Gasteiger partial charge in [-0.05, 0) is 112 Å². The van der Waals surface area contributed by atoms with E-state index in [-0.39, 0.29) is 30.1 Å². The zero-order valence-electron chi connectivity index (χ0n) is 32.7. The van der Waals surface area contributed by atoms with Crippen LogP contribution in [-0.4, -0.2) is 15.8 Å². The first kappa shape index (κ1) is 39.5. The zero-order chi connectivity index (χ0) is 41.4. The van der Waals surface area contributed by atoms with Gasteiger partial charge in [0.1, 0.15) is 29.4 Å². The largest absolute Gasteiger partial charge is 0.480 e. The predicted octanol–water partition coefficient (Wildman–Crippen LogP) is 11.6.